The number of rotatable bonds is 6. The Morgan fingerprint density at radius 1 is 0.760 bits per heavy atom. The molecule has 0 bridgehead atoms. The molecule has 0 aliphatic heterocycles. The molecule has 0 aromatic heterocycles. The van der Waals surface area contributed by atoms with E-state index in [1.807, 2.05) is 84.9 Å². The Labute approximate surface area is 147 Å². The van der Waals surface area contributed by atoms with Gasteiger partial charge < -0.3 is 15.4 Å². The van der Waals surface area contributed by atoms with Gasteiger partial charge in [0.05, 0.1) is 0 Å². The standard InChI is InChI=1S/C21H20N2O2/c24-21(22-16-15-17-7-3-1-4-8-17)23-18-11-13-20(14-12-18)25-19-9-5-2-6-10-19/h1-14H,15-16H2,(H2,22,23,24). The van der Waals surface area contributed by atoms with Crippen LogP contribution in [0.4, 0.5) is 10.5 Å². The molecular formula is C21H20N2O2. The van der Waals surface area contributed by atoms with Gasteiger partial charge in [0.2, 0.25) is 0 Å². The van der Waals surface area contributed by atoms with Crippen molar-refractivity contribution in [1.82, 2.24) is 5.32 Å². The van der Waals surface area contributed by atoms with Gasteiger partial charge in [0, 0.05) is 12.2 Å². The van der Waals surface area contributed by atoms with Gasteiger partial charge in [-0.2, -0.15) is 0 Å². The molecule has 0 atom stereocenters. The lowest BCUT2D eigenvalue weighted by Gasteiger charge is -2.09. The summed E-state index contributed by atoms with van der Waals surface area (Å²) in [4.78, 5) is 11.9. The number of anilines is 1. The van der Waals surface area contributed by atoms with Crippen LogP contribution < -0.4 is 15.4 Å². The molecule has 3 rings (SSSR count). The fraction of sp³-hybridized carbons (Fsp3) is 0.0952. The van der Waals surface area contributed by atoms with E-state index in [9.17, 15) is 4.79 Å². The predicted molar refractivity (Wildman–Crippen MR) is 100 cm³/mol. The molecule has 0 saturated heterocycles. The second-order valence-corrected chi connectivity index (χ2v) is 5.56. The molecule has 0 aliphatic carbocycles. The highest BCUT2D eigenvalue weighted by Crippen LogP contribution is 2.22. The third kappa shape index (κ3) is 5.39. The maximum Gasteiger partial charge on any atom is 0.319 e. The van der Waals surface area contributed by atoms with Crippen molar-refractivity contribution in [3.8, 4) is 11.5 Å². The highest BCUT2D eigenvalue weighted by Gasteiger charge is 2.02. The smallest absolute Gasteiger partial charge is 0.319 e. The largest absolute Gasteiger partial charge is 0.457 e. The quantitative estimate of drug-likeness (QED) is 0.678. The highest BCUT2D eigenvalue weighted by atomic mass is 16.5. The Morgan fingerprint density at radius 2 is 1.36 bits per heavy atom. The number of hydrogen-bond donors (Lipinski definition) is 2. The fourth-order valence-electron chi connectivity index (χ4n) is 2.37. The van der Waals surface area contributed by atoms with Crippen LogP contribution in [0.5, 0.6) is 11.5 Å². The number of para-hydroxylation sites is 1. The van der Waals surface area contributed by atoms with E-state index in [1.54, 1.807) is 0 Å². The summed E-state index contributed by atoms with van der Waals surface area (Å²) in [6, 6.07) is 26.7. The molecule has 4 nitrogen and oxygen atoms in total. The molecule has 0 saturated carbocycles. The van der Waals surface area contributed by atoms with Crippen LogP contribution in [0, 0.1) is 0 Å². The van der Waals surface area contributed by atoms with Gasteiger partial charge in [-0.1, -0.05) is 48.5 Å². The average molecular weight is 332 g/mol. The summed E-state index contributed by atoms with van der Waals surface area (Å²) in [5.41, 5.74) is 1.92. The third-order valence-electron chi connectivity index (χ3n) is 3.63. The van der Waals surface area contributed by atoms with Crippen molar-refractivity contribution in [1.29, 1.82) is 0 Å². The third-order valence-corrected chi connectivity index (χ3v) is 3.63. The Hall–Kier alpha value is -3.27. The first kappa shape index (κ1) is 16.6. The lowest BCUT2D eigenvalue weighted by Crippen LogP contribution is -2.30. The minimum atomic E-state index is -0.215. The molecule has 0 unspecified atom stereocenters. The molecule has 0 aliphatic rings. The van der Waals surface area contributed by atoms with E-state index in [-0.39, 0.29) is 6.03 Å². The summed E-state index contributed by atoms with van der Waals surface area (Å²) in [5.74, 6) is 1.50. The zero-order chi connectivity index (χ0) is 17.3. The van der Waals surface area contributed by atoms with E-state index in [2.05, 4.69) is 10.6 Å². The molecule has 0 fully saturated rings. The summed E-state index contributed by atoms with van der Waals surface area (Å²) in [6.45, 7) is 0.588. The first-order valence-corrected chi connectivity index (χ1v) is 8.21. The highest BCUT2D eigenvalue weighted by molar-refractivity contribution is 5.89. The van der Waals surface area contributed by atoms with Crippen LogP contribution in [-0.2, 0) is 6.42 Å². The van der Waals surface area contributed by atoms with Gasteiger partial charge in [0.25, 0.3) is 0 Å². The molecule has 0 heterocycles. The lowest BCUT2D eigenvalue weighted by molar-refractivity contribution is 0.252. The van der Waals surface area contributed by atoms with Crippen molar-refractivity contribution in [3.05, 3.63) is 90.5 Å². The number of carbonyl (C=O) groups is 1. The number of ether oxygens (including phenoxy) is 1. The number of benzene rings is 3. The molecule has 126 valence electrons. The molecule has 3 aromatic rings. The van der Waals surface area contributed by atoms with Crippen molar-refractivity contribution in [2.45, 2.75) is 6.42 Å². The van der Waals surface area contributed by atoms with Gasteiger partial charge in [-0.05, 0) is 48.4 Å². The summed E-state index contributed by atoms with van der Waals surface area (Å²) in [7, 11) is 0. The minimum Gasteiger partial charge on any atom is -0.457 e. The van der Waals surface area contributed by atoms with Crippen molar-refractivity contribution >= 4 is 11.7 Å². The molecule has 0 radical (unpaired) electrons. The van der Waals surface area contributed by atoms with Gasteiger partial charge in [-0.3, -0.25) is 0 Å². The molecule has 2 amide bonds. The Bertz CT molecular complexity index is 787. The minimum absolute atomic E-state index is 0.215. The van der Waals surface area contributed by atoms with E-state index in [0.717, 1.165) is 23.6 Å². The average Bonchev–Trinajstić information content (AvgIpc) is 2.65. The number of hydrogen-bond acceptors (Lipinski definition) is 2. The van der Waals surface area contributed by atoms with Crippen LogP contribution in [0.15, 0.2) is 84.9 Å². The first-order valence-electron chi connectivity index (χ1n) is 8.21. The van der Waals surface area contributed by atoms with E-state index in [0.29, 0.717) is 6.54 Å². The van der Waals surface area contributed by atoms with Gasteiger partial charge in [-0.15, -0.1) is 0 Å². The topological polar surface area (TPSA) is 50.4 Å². The molecule has 0 spiro atoms. The second kappa shape index (κ2) is 8.55. The summed E-state index contributed by atoms with van der Waals surface area (Å²) >= 11 is 0. The van der Waals surface area contributed by atoms with Gasteiger partial charge in [-0.25, -0.2) is 4.79 Å². The number of urea groups is 1. The van der Waals surface area contributed by atoms with Crippen molar-refractivity contribution in [2.24, 2.45) is 0 Å². The van der Waals surface area contributed by atoms with Gasteiger partial charge in [0.1, 0.15) is 11.5 Å². The first-order chi connectivity index (χ1) is 12.3. The molecular weight excluding hydrogens is 312 g/mol. The van der Waals surface area contributed by atoms with E-state index >= 15 is 0 Å². The fourth-order valence-corrected chi connectivity index (χ4v) is 2.37. The van der Waals surface area contributed by atoms with E-state index < -0.39 is 0 Å². The Kier molecular flexibility index (Phi) is 5.67. The van der Waals surface area contributed by atoms with Gasteiger partial charge >= 0.3 is 6.03 Å². The van der Waals surface area contributed by atoms with Crippen LogP contribution in [0.2, 0.25) is 0 Å². The van der Waals surface area contributed by atoms with E-state index in [4.69, 9.17) is 4.74 Å². The zero-order valence-electron chi connectivity index (χ0n) is 13.8. The predicted octanol–water partition coefficient (Wildman–Crippen LogP) is 4.84. The van der Waals surface area contributed by atoms with Crippen molar-refractivity contribution in [2.75, 3.05) is 11.9 Å². The van der Waals surface area contributed by atoms with Crippen molar-refractivity contribution < 1.29 is 9.53 Å². The van der Waals surface area contributed by atoms with Gasteiger partial charge in [0.15, 0.2) is 0 Å². The monoisotopic (exact) mass is 332 g/mol. The van der Waals surface area contributed by atoms with Crippen LogP contribution in [0.1, 0.15) is 5.56 Å². The summed E-state index contributed by atoms with van der Waals surface area (Å²) in [5, 5.41) is 5.67. The van der Waals surface area contributed by atoms with Crippen LogP contribution in [-0.4, -0.2) is 12.6 Å². The maximum atomic E-state index is 11.9. The van der Waals surface area contributed by atoms with Crippen LogP contribution in [0.25, 0.3) is 0 Å². The Morgan fingerprint density at radius 3 is 2.04 bits per heavy atom. The van der Waals surface area contributed by atoms with Crippen LogP contribution >= 0.6 is 0 Å². The molecule has 25 heavy (non-hydrogen) atoms. The number of carbonyl (C=O) groups excluding carboxylic acids is 1. The second-order valence-electron chi connectivity index (χ2n) is 5.56. The van der Waals surface area contributed by atoms with Crippen LogP contribution in [0.3, 0.4) is 0 Å². The number of amides is 2. The van der Waals surface area contributed by atoms with E-state index in [1.165, 1.54) is 5.56 Å². The number of nitrogens with one attached hydrogen (secondary N) is 2. The SMILES string of the molecule is O=C(NCCc1ccccc1)Nc1ccc(Oc2ccccc2)cc1. The van der Waals surface area contributed by atoms with Crippen molar-refractivity contribution in [3.63, 3.8) is 0 Å². The molecule has 2 N–H and O–H groups in total. The summed E-state index contributed by atoms with van der Waals surface area (Å²) in [6.07, 6.45) is 0.804. The molecule has 4 heteroatoms. The summed E-state index contributed by atoms with van der Waals surface area (Å²) < 4.78 is 5.72. The molecule has 3 aromatic carbocycles. The zero-order valence-corrected chi connectivity index (χ0v) is 13.8. The normalized spacial score (nSPS) is 10.1. The lowest BCUT2D eigenvalue weighted by atomic mass is 10.1. The maximum absolute atomic E-state index is 11.9. The Balaban J connectivity index is 1.45.